The highest BCUT2D eigenvalue weighted by atomic mass is 32.1. The molecule has 1 aromatic carbocycles. The van der Waals surface area contributed by atoms with E-state index in [2.05, 4.69) is 12.2 Å². The molecule has 0 saturated carbocycles. The maximum Gasteiger partial charge on any atom is 0.256 e. The van der Waals surface area contributed by atoms with E-state index in [1.54, 1.807) is 49.7 Å². The number of carbonyl (C=O) groups excluding carboxylic acids is 2. The quantitative estimate of drug-likeness (QED) is 0.922. The number of carbonyl (C=O) groups is 2. The van der Waals surface area contributed by atoms with Crippen LogP contribution in [0.1, 0.15) is 44.5 Å². The minimum absolute atomic E-state index is 0.0473. The zero-order valence-corrected chi connectivity index (χ0v) is 15.1. The summed E-state index contributed by atoms with van der Waals surface area (Å²) in [5.41, 5.74) is 3.34. The minimum atomic E-state index is -0.0614. The van der Waals surface area contributed by atoms with Crippen LogP contribution in [0.25, 0.3) is 0 Å². The topological polar surface area (TPSA) is 49.4 Å². The van der Waals surface area contributed by atoms with E-state index in [0.29, 0.717) is 17.2 Å². The van der Waals surface area contributed by atoms with E-state index in [0.717, 1.165) is 24.8 Å². The highest BCUT2D eigenvalue weighted by Gasteiger charge is 2.23. The molecule has 1 aromatic heterocycles. The fraction of sp³-hybridized carbons (Fsp3) is 0.368. The van der Waals surface area contributed by atoms with Crippen LogP contribution in [0, 0.1) is 5.92 Å². The number of hydrogen-bond acceptors (Lipinski definition) is 3. The molecule has 1 aliphatic rings. The van der Waals surface area contributed by atoms with Crippen molar-refractivity contribution in [2.75, 3.05) is 19.4 Å². The summed E-state index contributed by atoms with van der Waals surface area (Å²) in [5, 5.41) is 4.92. The van der Waals surface area contributed by atoms with Gasteiger partial charge in [-0.25, -0.2) is 0 Å². The third-order valence-electron chi connectivity index (χ3n) is 4.44. The Morgan fingerprint density at radius 1 is 1.21 bits per heavy atom. The second kappa shape index (κ2) is 6.77. The van der Waals surface area contributed by atoms with E-state index in [4.69, 9.17) is 0 Å². The lowest BCUT2D eigenvalue weighted by molar-refractivity contribution is 0.0827. The summed E-state index contributed by atoms with van der Waals surface area (Å²) < 4.78 is 0. The summed E-state index contributed by atoms with van der Waals surface area (Å²) in [5.74, 6) is 0.594. The first-order valence-corrected chi connectivity index (χ1v) is 9.06. The first-order valence-electron chi connectivity index (χ1n) is 8.18. The van der Waals surface area contributed by atoms with Gasteiger partial charge in [0.25, 0.3) is 11.8 Å². The standard InChI is InChI=1S/C19H22N2O2S/c1-12-4-9-15-16(11-24-17(15)10-12)18(22)20-14-7-5-13(6-8-14)19(23)21(2)3/h5-8,11-12H,4,9-10H2,1-3H3,(H,20,22). The minimum Gasteiger partial charge on any atom is -0.345 e. The van der Waals surface area contributed by atoms with Crippen LogP contribution in [0.3, 0.4) is 0 Å². The van der Waals surface area contributed by atoms with Gasteiger partial charge in [-0.15, -0.1) is 11.3 Å². The van der Waals surface area contributed by atoms with Gasteiger partial charge in [-0.05, 0) is 55.0 Å². The van der Waals surface area contributed by atoms with Crippen molar-refractivity contribution in [2.45, 2.75) is 26.2 Å². The molecule has 2 amide bonds. The Bertz CT molecular complexity index is 762. The van der Waals surface area contributed by atoms with Crippen LogP contribution >= 0.6 is 11.3 Å². The van der Waals surface area contributed by atoms with Crippen LogP contribution in [0.4, 0.5) is 5.69 Å². The van der Waals surface area contributed by atoms with Gasteiger partial charge in [-0.2, -0.15) is 0 Å². The van der Waals surface area contributed by atoms with E-state index in [1.807, 2.05) is 5.38 Å². The SMILES string of the molecule is CC1CCc2c(C(=O)Nc3ccc(C(=O)N(C)C)cc3)csc2C1. The van der Waals surface area contributed by atoms with Gasteiger partial charge in [0, 0.05) is 35.6 Å². The summed E-state index contributed by atoms with van der Waals surface area (Å²) in [6.07, 6.45) is 3.21. The van der Waals surface area contributed by atoms with E-state index in [-0.39, 0.29) is 11.8 Å². The maximum absolute atomic E-state index is 12.6. The van der Waals surface area contributed by atoms with Crippen molar-refractivity contribution < 1.29 is 9.59 Å². The number of hydrogen-bond donors (Lipinski definition) is 1. The van der Waals surface area contributed by atoms with Gasteiger partial charge < -0.3 is 10.2 Å². The van der Waals surface area contributed by atoms with Gasteiger partial charge in [0.2, 0.25) is 0 Å². The second-order valence-corrected chi connectivity index (χ2v) is 7.59. The first kappa shape index (κ1) is 16.7. The monoisotopic (exact) mass is 342 g/mol. The van der Waals surface area contributed by atoms with Crippen LogP contribution in [-0.4, -0.2) is 30.8 Å². The van der Waals surface area contributed by atoms with Crippen LogP contribution in [0.15, 0.2) is 29.6 Å². The number of anilines is 1. The third kappa shape index (κ3) is 3.36. The molecule has 126 valence electrons. The van der Waals surface area contributed by atoms with E-state index in [9.17, 15) is 9.59 Å². The number of nitrogens with zero attached hydrogens (tertiary/aromatic N) is 1. The molecule has 0 bridgehead atoms. The lowest BCUT2D eigenvalue weighted by Crippen LogP contribution is -2.21. The van der Waals surface area contributed by atoms with Crippen LogP contribution in [-0.2, 0) is 12.8 Å². The van der Waals surface area contributed by atoms with Crippen molar-refractivity contribution in [2.24, 2.45) is 5.92 Å². The number of nitrogens with one attached hydrogen (secondary N) is 1. The van der Waals surface area contributed by atoms with Crippen molar-refractivity contribution in [3.05, 3.63) is 51.2 Å². The van der Waals surface area contributed by atoms with Crippen molar-refractivity contribution in [1.29, 1.82) is 0 Å². The Morgan fingerprint density at radius 3 is 2.58 bits per heavy atom. The Morgan fingerprint density at radius 2 is 1.92 bits per heavy atom. The third-order valence-corrected chi connectivity index (χ3v) is 5.49. The lowest BCUT2D eigenvalue weighted by atomic mass is 9.88. The molecule has 0 saturated heterocycles. The zero-order valence-electron chi connectivity index (χ0n) is 14.3. The zero-order chi connectivity index (χ0) is 17.3. The molecule has 24 heavy (non-hydrogen) atoms. The second-order valence-electron chi connectivity index (χ2n) is 6.63. The van der Waals surface area contributed by atoms with Gasteiger partial charge in [0.1, 0.15) is 0 Å². The predicted octanol–water partition coefficient (Wildman–Crippen LogP) is 3.83. The molecule has 5 heteroatoms. The van der Waals surface area contributed by atoms with Crippen LogP contribution < -0.4 is 5.32 Å². The number of fused-ring (bicyclic) bond motifs is 1. The van der Waals surface area contributed by atoms with Gasteiger partial charge in [-0.3, -0.25) is 9.59 Å². The summed E-state index contributed by atoms with van der Waals surface area (Å²) in [4.78, 5) is 27.4. The molecule has 1 unspecified atom stereocenters. The van der Waals surface area contributed by atoms with Crippen LogP contribution in [0.5, 0.6) is 0 Å². The fourth-order valence-electron chi connectivity index (χ4n) is 3.02. The van der Waals surface area contributed by atoms with Gasteiger partial charge in [0.15, 0.2) is 0 Å². The van der Waals surface area contributed by atoms with Crippen molar-refractivity contribution >= 4 is 28.8 Å². The van der Waals surface area contributed by atoms with E-state index in [1.165, 1.54) is 15.3 Å². The lowest BCUT2D eigenvalue weighted by Gasteiger charge is -2.18. The fourth-order valence-corrected chi connectivity index (χ4v) is 4.26. The summed E-state index contributed by atoms with van der Waals surface area (Å²) >= 11 is 1.69. The van der Waals surface area contributed by atoms with Gasteiger partial charge >= 0.3 is 0 Å². The summed E-state index contributed by atoms with van der Waals surface area (Å²) in [6, 6.07) is 7.02. The molecule has 1 heterocycles. The number of rotatable bonds is 3. The van der Waals surface area contributed by atoms with Crippen LogP contribution in [0.2, 0.25) is 0 Å². The smallest absolute Gasteiger partial charge is 0.256 e. The molecule has 0 fully saturated rings. The maximum atomic E-state index is 12.6. The van der Waals surface area contributed by atoms with Crippen molar-refractivity contribution in [3.8, 4) is 0 Å². The number of amides is 2. The Labute approximate surface area is 146 Å². The molecule has 3 rings (SSSR count). The summed E-state index contributed by atoms with van der Waals surface area (Å²) in [7, 11) is 3.44. The average molecular weight is 342 g/mol. The van der Waals surface area contributed by atoms with Crippen molar-refractivity contribution in [1.82, 2.24) is 4.90 Å². The normalized spacial score (nSPS) is 16.4. The molecule has 1 aliphatic carbocycles. The predicted molar refractivity (Wildman–Crippen MR) is 97.9 cm³/mol. The molecular formula is C19H22N2O2S. The van der Waals surface area contributed by atoms with E-state index < -0.39 is 0 Å². The highest BCUT2D eigenvalue weighted by molar-refractivity contribution is 7.10. The average Bonchev–Trinajstić information content (AvgIpc) is 2.97. The molecule has 2 aromatic rings. The Balaban J connectivity index is 1.73. The molecule has 0 spiro atoms. The Hall–Kier alpha value is -2.14. The molecule has 0 radical (unpaired) electrons. The molecular weight excluding hydrogens is 320 g/mol. The largest absolute Gasteiger partial charge is 0.345 e. The Kier molecular flexibility index (Phi) is 4.71. The van der Waals surface area contributed by atoms with E-state index >= 15 is 0 Å². The molecule has 1 atom stereocenters. The molecule has 1 N–H and O–H groups in total. The highest BCUT2D eigenvalue weighted by Crippen LogP contribution is 2.33. The molecule has 0 aliphatic heterocycles. The first-order chi connectivity index (χ1) is 11.5. The molecule has 4 nitrogen and oxygen atoms in total. The number of thiophene rings is 1. The number of benzene rings is 1. The van der Waals surface area contributed by atoms with Gasteiger partial charge in [-0.1, -0.05) is 6.92 Å². The van der Waals surface area contributed by atoms with Gasteiger partial charge in [0.05, 0.1) is 5.56 Å². The summed E-state index contributed by atoms with van der Waals surface area (Å²) in [6.45, 7) is 2.26. The van der Waals surface area contributed by atoms with Crippen molar-refractivity contribution in [3.63, 3.8) is 0 Å².